The van der Waals surface area contributed by atoms with Crippen LogP contribution in [0.4, 0.5) is 5.69 Å². The third-order valence-electron chi connectivity index (χ3n) is 5.15. The van der Waals surface area contributed by atoms with Crippen molar-refractivity contribution in [3.63, 3.8) is 0 Å². The van der Waals surface area contributed by atoms with E-state index in [9.17, 15) is 18.1 Å². The number of piperidine rings is 1. The van der Waals surface area contributed by atoms with Crippen LogP contribution in [0.5, 0.6) is 11.5 Å². The minimum absolute atomic E-state index is 0.000801. The molecule has 1 saturated heterocycles. The van der Waals surface area contributed by atoms with Crippen LogP contribution < -0.4 is 9.46 Å². The number of hydrogen-bond donors (Lipinski definition) is 2. The molecule has 0 saturated carbocycles. The Morgan fingerprint density at radius 1 is 1.09 bits per heavy atom. The molecule has 0 atom stereocenters. The molecule has 2 aromatic carbocycles. The van der Waals surface area contributed by atoms with Gasteiger partial charge in [0.05, 0.1) is 41.2 Å². The normalized spacial score (nSPS) is 15.8. The van der Waals surface area contributed by atoms with E-state index in [-0.39, 0.29) is 48.3 Å². The zero-order valence-electron chi connectivity index (χ0n) is 19.4. The number of ether oxygens (including phenoxy) is 1. The zero-order chi connectivity index (χ0) is 25.6. The summed E-state index contributed by atoms with van der Waals surface area (Å²) in [5, 5.41) is 9.99. The molecule has 2 N–H and O–H groups in total. The first kappa shape index (κ1) is 28.2. The third kappa shape index (κ3) is 7.81. The number of benzene rings is 2. The number of nitrogens with one attached hydrogen (secondary N) is 1. The molecular formula is C22H29Cl2N2O7PS. The molecule has 35 heavy (non-hydrogen) atoms. The van der Waals surface area contributed by atoms with Crippen molar-refractivity contribution in [3.05, 3.63) is 52.0 Å². The van der Waals surface area contributed by atoms with Crippen LogP contribution in [0.2, 0.25) is 10.0 Å². The number of hydrogen-bond acceptors (Lipinski definition) is 7. The van der Waals surface area contributed by atoms with Crippen molar-refractivity contribution in [2.45, 2.75) is 39.0 Å². The molecule has 1 aliphatic rings. The van der Waals surface area contributed by atoms with Gasteiger partial charge >= 0.3 is 17.8 Å². The van der Waals surface area contributed by atoms with E-state index in [1.165, 1.54) is 10.4 Å². The second kappa shape index (κ2) is 12.3. The Balaban J connectivity index is 1.75. The number of rotatable bonds is 11. The molecule has 9 nitrogen and oxygen atoms in total. The topological polar surface area (TPSA) is 114 Å². The highest BCUT2D eigenvalue weighted by molar-refractivity contribution is 7.90. The number of halogens is 2. The maximum Gasteiger partial charge on any atom is 0.335 e. The van der Waals surface area contributed by atoms with Crippen LogP contribution in [0.1, 0.15) is 32.3 Å². The molecule has 0 aromatic heterocycles. The van der Waals surface area contributed by atoms with Crippen LogP contribution in [0, 0.1) is 0 Å². The summed E-state index contributed by atoms with van der Waals surface area (Å²) in [7, 11) is -7.13. The smallest absolute Gasteiger partial charge is 0.335 e. The molecule has 0 unspecified atom stereocenters. The molecule has 0 amide bonds. The fourth-order valence-electron chi connectivity index (χ4n) is 3.58. The van der Waals surface area contributed by atoms with Crippen molar-refractivity contribution in [2.24, 2.45) is 0 Å². The van der Waals surface area contributed by atoms with Crippen LogP contribution in [-0.2, 0) is 30.0 Å². The maximum absolute atomic E-state index is 12.8. The van der Waals surface area contributed by atoms with Gasteiger partial charge in [-0.3, -0.25) is 9.29 Å². The summed E-state index contributed by atoms with van der Waals surface area (Å²) < 4.78 is 58.5. The lowest BCUT2D eigenvalue weighted by Gasteiger charge is -2.28. The second-order valence-electron chi connectivity index (χ2n) is 7.86. The van der Waals surface area contributed by atoms with Gasteiger partial charge in [-0.25, -0.2) is 0 Å². The highest BCUT2D eigenvalue weighted by atomic mass is 35.5. The minimum atomic E-state index is -3.78. The molecule has 1 heterocycles. The lowest BCUT2D eigenvalue weighted by molar-refractivity contribution is 0.113. The Hall–Kier alpha value is -1.36. The van der Waals surface area contributed by atoms with E-state index in [1.807, 2.05) is 0 Å². The quantitative estimate of drug-likeness (QED) is 0.337. The summed E-state index contributed by atoms with van der Waals surface area (Å²) >= 11 is 12.8. The van der Waals surface area contributed by atoms with Gasteiger partial charge < -0.3 is 18.9 Å². The Bertz CT molecular complexity index is 1140. The molecule has 3 rings (SSSR count). The van der Waals surface area contributed by atoms with Crippen molar-refractivity contribution in [1.29, 1.82) is 0 Å². The van der Waals surface area contributed by atoms with E-state index in [2.05, 4.69) is 4.72 Å². The lowest BCUT2D eigenvalue weighted by atomic mass is 10.1. The Kier molecular flexibility index (Phi) is 9.88. The predicted molar refractivity (Wildman–Crippen MR) is 137 cm³/mol. The fraction of sp³-hybridized carbons (Fsp3) is 0.455. The average molecular weight is 567 g/mol. The van der Waals surface area contributed by atoms with Crippen LogP contribution in [0.15, 0.2) is 36.4 Å². The monoisotopic (exact) mass is 566 g/mol. The number of aliphatic hydroxyl groups excluding tert-OH is 1. The Morgan fingerprint density at radius 3 is 2.26 bits per heavy atom. The van der Waals surface area contributed by atoms with Crippen molar-refractivity contribution in [3.8, 4) is 11.5 Å². The third-order valence-corrected chi connectivity index (χ3v) is 9.31. The van der Waals surface area contributed by atoms with E-state index in [0.29, 0.717) is 29.8 Å². The van der Waals surface area contributed by atoms with Gasteiger partial charge in [0.2, 0.25) is 0 Å². The van der Waals surface area contributed by atoms with Gasteiger partial charge in [-0.15, -0.1) is 0 Å². The van der Waals surface area contributed by atoms with Crippen molar-refractivity contribution >= 4 is 46.7 Å². The SMILES string of the molecule is CCOP(=O)(Cc1cc(Cl)c(Oc2cccc(NS(=O)(=O)N3CCC(O)CC3)c2)c(Cl)c1)OCC. The molecule has 0 bridgehead atoms. The molecule has 1 fully saturated rings. The number of aliphatic hydroxyl groups is 1. The molecule has 0 radical (unpaired) electrons. The average Bonchev–Trinajstić information content (AvgIpc) is 2.77. The molecule has 13 heteroatoms. The molecule has 194 valence electrons. The molecule has 1 aliphatic heterocycles. The van der Waals surface area contributed by atoms with Gasteiger partial charge in [0.25, 0.3) is 0 Å². The van der Waals surface area contributed by atoms with E-state index in [1.54, 1.807) is 44.2 Å². The van der Waals surface area contributed by atoms with Crippen LogP contribution in [0.3, 0.4) is 0 Å². The predicted octanol–water partition coefficient (Wildman–Crippen LogP) is 5.67. The van der Waals surface area contributed by atoms with Gasteiger partial charge in [0, 0.05) is 19.2 Å². The van der Waals surface area contributed by atoms with E-state index in [4.69, 9.17) is 37.0 Å². The van der Waals surface area contributed by atoms with Crippen molar-refractivity contribution in [1.82, 2.24) is 4.31 Å². The fourth-order valence-corrected chi connectivity index (χ4v) is 7.11. The van der Waals surface area contributed by atoms with Crippen LogP contribution >= 0.6 is 30.8 Å². The van der Waals surface area contributed by atoms with Gasteiger partial charge in [-0.05, 0) is 56.5 Å². The van der Waals surface area contributed by atoms with Gasteiger partial charge in [-0.1, -0.05) is 29.3 Å². The largest absolute Gasteiger partial charge is 0.454 e. The molecule has 0 spiro atoms. The van der Waals surface area contributed by atoms with E-state index >= 15 is 0 Å². The van der Waals surface area contributed by atoms with Gasteiger partial charge in [0.15, 0.2) is 5.75 Å². The Morgan fingerprint density at radius 2 is 1.69 bits per heavy atom. The second-order valence-corrected chi connectivity index (χ2v) is 12.4. The summed E-state index contributed by atoms with van der Waals surface area (Å²) in [5.41, 5.74) is 0.859. The summed E-state index contributed by atoms with van der Waals surface area (Å²) in [6, 6.07) is 9.51. The number of anilines is 1. The first-order valence-corrected chi connectivity index (χ1v) is 15.1. The van der Waals surface area contributed by atoms with E-state index < -0.39 is 23.9 Å². The van der Waals surface area contributed by atoms with Gasteiger partial charge in [0.1, 0.15) is 5.75 Å². The summed E-state index contributed by atoms with van der Waals surface area (Å²) in [6.07, 6.45) is 0.298. The molecular weight excluding hydrogens is 538 g/mol. The van der Waals surface area contributed by atoms with Crippen LogP contribution in [-0.4, -0.2) is 50.2 Å². The first-order chi connectivity index (χ1) is 16.5. The van der Waals surface area contributed by atoms with E-state index in [0.717, 1.165) is 0 Å². The standard InChI is InChI=1S/C22H29Cl2N2O7PS/c1-3-31-34(28,32-4-2)15-16-12-20(23)22(21(24)13-16)33-19-7-5-6-17(14-19)25-35(29,30)26-10-8-18(27)9-11-26/h5-7,12-14,18,25,27H,3-4,8-11,15H2,1-2H3. The molecule has 2 aromatic rings. The summed E-state index contributed by atoms with van der Waals surface area (Å²) in [6.45, 7) is 4.41. The highest BCUT2D eigenvalue weighted by Crippen LogP contribution is 2.52. The Labute approximate surface area is 216 Å². The maximum atomic E-state index is 12.8. The number of nitrogens with zero attached hydrogens (tertiary/aromatic N) is 1. The molecule has 0 aliphatic carbocycles. The minimum Gasteiger partial charge on any atom is -0.454 e. The summed E-state index contributed by atoms with van der Waals surface area (Å²) in [4.78, 5) is 0. The zero-order valence-corrected chi connectivity index (χ0v) is 22.7. The van der Waals surface area contributed by atoms with Crippen molar-refractivity contribution < 1.29 is 31.9 Å². The van der Waals surface area contributed by atoms with Crippen molar-refractivity contribution in [2.75, 3.05) is 31.0 Å². The van der Waals surface area contributed by atoms with Gasteiger partial charge in [-0.2, -0.15) is 12.7 Å². The highest BCUT2D eigenvalue weighted by Gasteiger charge is 2.28. The first-order valence-electron chi connectivity index (χ1n) is 11.1. The summed E-state index contributed by atoms with van der Waals surface area (Å²) in [5.74, 6) is 0.481. The van der Waals surface area contributed by atoms with Crippen LogP contribution in [0.25, 0.3) is 0 Å². The lowest BCUT2D eigenvalue weighted by Crippen LogP contribution is -2.42.